The van der Waals surface area contributed by atoms with Gasteiger partial charge in [0, 0.05) is 0 Å². The van der Waals surface area contributed by atoms with Gasteiger partial charge >= 0.3 is 0 Å². The van der Waals surface area contributed by atoms with Crippen LogP contribution in [0.2, 0.25) is 0 Å². The Balaban J connectivity index is 2.36. The molecule has 0 saturated heterocycles. The van der Waals surface area contributed by atoms with Gasteiger partial charge in [-0.3, -0.25) is 0 Å². The van der Waals surface area contributed by atoms with Gasteiger partial charge in [0.05, 0.1) is 11.7 Å². The van der Waals surface area contributed by atoms with E-state index in [0.717, 1.165) is 25.7 Å². The van der Waals surface area contributed by atoms with Gasteiger partial charge in [0.15, 0.2) is 0 Å². The van der Waals surface area contributed by atoms with E-state index >= 15 is 0 Å². The van der Waals surface area contributed by atoms with Gasteiger partial charge in [-0.1, -0.05) is 0 Å². The van der Waals surface area contributed by atoms with E-state index in [-0.39, 0.29) is 6.10 Å². The summed E-state index contributed by atoms with van der Waals surface area (Å²) >= 11 is 0. The number of halogens is 1. The first-order chi connectivity index (χ1) is 5.54. The highest BCUT2D eigenvalue weighted by molar-refractivity contribution is 4.82. The molecule has 1 fully saturated rings. The second-order valence-electron chi connectivity index (χ2n) is 4.22. The van der Waals surface area contributed by atoms with Crippen LogP contribution in [0.5, 0.6) is 0 Å². The summed E-state index contributed by atoms with van der Waals surface area (Å²) in [4.78, 5) is 3.77. The zero-order chi connectivity index (χ0) is 9.19. The van der Waals surface area contributed by atoms with E-state index in [1.54, 1.807) is 0 Å². The van der Waals surface area contributed by atoms with Crippen molar-refractivity contribution in [1.29, 1.82) is 0 Å². The fourth-order valence-corrected chi connectivity index (χ4v) is 1.86. The molecule has 1 aliphatic rings. The molecule has 1 saturated carbocycles. The monoisotopic (exact) mass is 176 g/mol. The van der Waals surface area contributed by atoms with Crippen molar-refractivity contribution < 1.29 is 14.6 Å². The SMILES string of the molecule is CC(C)(O)C1CCC(OF)CC1. The zero-order valence-electron chi connectivity index (χ0n) is 7.72. The molecule has 0 spiro atoms. The Morgan fingerprint density at radius 1 is 1.25 bits per heavy atom. The predicted octanol–water partition coefficient (Wildman–Crippen LogP) is 2.22. The van der Waals surface area contributed by atoms with Crippen molar-refractivity contribution >= 4 is 0 Å². The largest absolute Gasteiger partial charge is 0.390 e. The molecule has 0 atom stereocenters. The fraction of sp³-hybridized carbons (Fsp3) is 1.00. The standard InChI is InChI=1S/C9H17FO2/c1-9(2,11)7-3-5-8(12-10)6-4-7/h7-8,11H,3-6H2,1-2H3. The average Bonchev–Trinajstić information content (AvgIpc) is 2.03. The highest BCUT2D eigenvalue weighted by Crippen LogP contribution is 2.33. The van der Waals surface area contributed by atoms with E-state index in [4.69, 9.17) is 0 Å². The van der Waals surface area contributed by atoms with Gasteiger partial charge in [0.2, 0.25) is 0 Å². The van der Waals surface area contributed by atoms with Crippen LogP contribution in [0.1, 0.15) is 39.5 Å². The van der Waals surface area contributed by atoms with Crippen molar-refractivity contribution in [2.24, 2.45) is 5.92 Å². The summed E-state index contributed by atoms with van der Waals surface area (Å²) in [7, 11) is 0. The minimum absolute atomic E-state index is 0.233. The van der Waals surface area contributed by atoms with Crippen LogP contribution in [0.4, 0.5) is 4.53 Å². The van der Waals surface area contributed by atoms with Crippen LogP contribution in [0.3, 0.4) is 0 Å². The average molecular weight is 176 g/mol. The first kappa shape index (κ1) is 9.93. The second kappa shape index (κ2) is 3.71. The molecule has 0 aromatic heterocycles. The van der Waals surface area contributed by atoms with Crippen LogP contribution in [0.25, 0.3) is 0 Å². The van der Waals surface area contributed by atoms with Crippen molar-refractivity contribution in [2.45, 2.75) is 51.2 Å². The van der Waals surface area contributed by atoms with Crippen LogP contribution in [-0.2, 0) is 4.94 Å². The molecule has 3 heteroatoms. The van der Waals surface area contributed by atoms with E-state index in [1.165, 1.54) is 0 Å². The molecule has 1 rings (SSSR count). The molecule has 0 radical (unpaired) electrons. The molecular formula is C9H17FO2. The molecule has 0 amide bonds. The first-order valence-corrected chi connectivity index (χ1v) is 4.54. The Kier molecular flexibility index (Phi) is 3.07. The van der Waals surface area contributed by atoms with Crippen molar-refractivity contribution in [3.8, 4) is 0 Å². The molecule has 72 valence electrons. The molecule has 0 bridgehead atoms. The zero-order valence-corrected chi connectivity index (χ0v) is 7.72. The highest BCUT2D eigenvalue weighted by atomic mass is 19.3. The third-order valence-electron chi connectivity index (χ3n) is 2.80. The summed E-state index contributed by atoms with van der Waals surface area (Å²) in [6.07, 6.45) is 2.94. The summed E-state index contributed by atoms with van der Waals surface area (Å²) in [6, 6.07) is 0. The Hall–Kier alpha value is -0.150. The van der Waals surface area contributed by atoms with Crippen molar-refractivity contribution in [1.82, 2.24) is 0 Å². The summed E-state index contributed by atoms with van der Waals surface area (Å²) in [5.41, 5.74) is -0.624. The minimum atomic E-state index is -0.624. The molecular weight excluding hydrogens is 159 g/mol. The normalized spacial score (nSPS) is 32.0. The van der Waals surface area contributed by atoms with Crippen LogP contribution < -0.4 is 0 Å². The third kappa shape index (κ3) is 2.42. The van der Waals surface area contributed by atoms with Crippen LogP contribution in [0, 0.1) is 5.92 Å². The number of aliphatic hydroxyl groups is 1. The molecule has 12 heavy (non-hydrogen) atoms. The second-order valence-corrected chi connectivity index (χ2v) is 4.22. The van der Waals surface area contributed by atoms with Gasteiger partial charge in [-0.05, 0) is 50.0 Å². The highest BCUT2D eigenvalue weighted by Gasteiger charge is 2.31. The van der Waals surface area contributed by atoms with E-state index < -0.39 is 5.60 Å². The molecule has 0 aliphatic heterocycles. The van der Waals surface area contributed by atoms with E-state index in [9.17, 15) is 9.63 Å². The van der Waals surface area contributed by atoms with Crippen LogP contribution >= 0.6 is 0 Å². The summed E-state index contributed by atoms with van der Waals surface area (Å²) < 4.78 is 11.7. The van der Waals surface area contributed by atoms with Gasteiger partial charge in [0.1, 0.15) is 0 Å². The van der Waals surface area contributed by atoms with Gasteiger partial charge in [-0.15, -0.1) is 0 Å². The summed E-state index contributed by atoms with van der Waals surface area (Å²) in [6.45, 7) is 3.63. The first-order valence-electron chi connectivity index (χ1n) is 4.54. The molecule has 0 aromatic carbocycles. The number of hydrogen-bond donors (Lipinski definition) is 1. The molecule has 0 unspecified atom stereocenters. The maximum Gasteiger partial charge on any atom is 0.0984 e. The number of rotatable bonds is 2. The summed E-state index contributed by atoms with van der Waals surface area (Å²) in [5.74, 6) is 0.295. The van der Waals surface area contributed by atoms with Crippen molar-refractivity contribution in [2.75, 3.05) is 0 Å². The predicted molar refractivity (Wildman–Crippen MR) is 44.2 cm³/mol. The Morgan fingerprint density at radius 3 is 2.08 bits per heavy atom. The Labute approximate surface area is 72.6 Å². The van der Waals surface area contributed by atoms with Crippen molar-refractivity contribution in [3.05, 3.63) is 0 Å². The quantitative estimate of drug-likeness (QED) is 0.699. The van der Waals surface area contributed by atoms with E-state index in [2.05, 4.69) is 4.94 Å². The fourth-order valence-electron chi connectivity index (χ4n) is 1.86. The molecule has 0 aromatic rings. The Morgan fingerprint density at radius 2 is 1.75 bits per heavy atom. The molecule has 0 heterocycles. The molecule has 1 aliphatic carbocycles. The number of hydrogen-bond acceptors (Lipinski definition) is 2. The lowest BCUT2D eigenvalue weighted by Crippen LogP contribution is -2.35. The maximum atomic E-state index is 11.7. The summed E-state index contributed by atoms with van der Waals surface area (Å²) in [5, 5.41) is 9.67. The lowest BCUT2D eigenvalue weighted by atomic mass is 9.78. The lowest BCUT2D eigenvalue weighted by molar-refractivity contribution is -0.193. The maximum absolute atomic E-state index is 11.7. The Bertz CT molecular complexity index is 134. The molecule has 2 nitrogen and oxygen atoms in total. The van der Waals surface area contributed by atoms with Gasteiger partial charge in [0.25, 0.3) is 0 Å². The molecule has 1 N–H and O–H groups in total. The topological polar surface area (TPSA) is 29.5 Å². The third-order valence-corrected chi connectivity index (χ3v) is 2.80. The van der Waals surface area contributed by atoms with Crippen molar-refractivity contribution in [3.63, 3.8) is 0 Å². The van der Waals surface area contributed by atoms with Crippen LogP contribution in [0.15, 0.2) is 0 Å². The van der Waals surface area contributed by atoms with E-state index in [1.807, 2.05) is 13.8 Å². The van der Waals surface area contributed by atoms with Gasteiger partial charge in [-0.25, -0.2) is 0 Å². The minimum Gasteiger partial charge on any atom is -0.390 e. The lowest BCUT2D eigenvalue weighted by Gasteiger charge is -2.34. The van der Waals surface area contributed by atoms with Gasteiger partial charge in [-0.2, -0.15) is 4.94 Å². The van der Waals surface area contributed by atoms with Crippen LogP contribution in [-0.4, -0.2) is 16.8 Å². The smallest absolute Gasteiger partial charge is 0.0984 e. The van der Waals surface area contributed by atoms with E-state index in [0.29, 0.717) is 5.92 Å². The van der Waals surface area contributed by atoms with Gasteiger partial charge < -0.3 is 5.11 Å².